The molecule has 4 rings (SSSR count). The molecule has 0 atom stereocenters. The molecule has 0 radical (unpaired) electrons. The second kappa shape index (κ2) is 9.86. The van der Waals surface area contributed by atoms with Crippen molar-refractivity contribution in [2.24, 2.45) is 0 Å². The molecule has 2 N–H and O–H groups in total. The number of rotatable bonds is 5. The Morgan fingerprint density at radius 3 is 2.51 bits per heavy atom. The largest absolute Gasteiger partial charge is 0.433 e. The summed E-state index contributed by atoms with van der Waals surface area (Å²) in [5, 5.41) is 13.6. The van der Waals surface area contributed by atoms with Gasteiger partial charge in [0.1, 0.15) is 0 Å². The Bertz CT molecular complexity index is 1670. The van der Waals surface area contributed by atoms with Crippen LogP contribution in [0.15, 0.2) is 40.9 Å². The third-order valence-electron chi connectivity index (χ3n) is 4.84. The van der Waals surface area contributed by atoms with Crippen LogP contribution in [-0.2, 0) is 16.2 Å². The number of hydrogen-bond acceptors (Lipinski definition) is 7. The molecule has 1 aromatic carbocycles. The normalized spacial score (nSPS) is 12.5. The van der Waals surface area contributed by atoms with Crippen molar-refractivity contribution in [2.45, 2.75) is 29.8 Å². The van der Waals surface area contributed by atoms with E-state index >= 15 is 0 Å². The molecule has 4 aromatic rings. The molecular weight excluding hydrogens is 574 g/mol. The van der Waals surface area contributed by atoms with E-state index in [1.165, 1.54) is 32.0 Å². The highest BCUT2D eigenvalue weighted by Gasteiger charge is 2.35. The van der Waals surface area contributed by atoms with Crippen molar-refractivity contribution in [3.63, 3.8) is 0 Å². The number of aliphatic hydroxyl groups is 1. The number of aromatic nitrogens is 4. The lowest BCUT2D eigenvalue weighted by atomic mass is 10.1. The first-order valence-corrected chi connectivity index (χ1v) is 13.3. The van der Waals surface area contributed by atoms with E-state index < -0.39 is 34.0 Å². The van der Waals surface area contributed by atoms with Gasteiger partial charge in [0.05, 0.1) is 45.8 Å². The number of thiazole rings is 1. The number of alkyl halides is 3. The van der Waals surface area contributed by atoms with Gasteiger partial charge in [-0.25, -0.2) is 27.6 Å². The second-order valence-electron chi connectivity index (χ2n) is 8.33. The van der Waals surface area contributed by atoms with E-state index in [4.69, 9.17) is 23.2 Å². The summed E-state index contributed by atoms with van der Waals surface area (Å²) in [6, 6.07) is 5.17. The predicted molar refractivity (Wildman–Crippen MR) is 133 cm³/mol. The van der Waals surface area contributed by atoms with E-state index in [9.17, 15) is 26.7 Å². The molecule has 0 aliphatic carbocycles. The summed E-state index contributed by atoms with van der Waals surface area (Å²) in [4.78, 5) is 8.27. The van der Waals surface area contributed by atoms with Crippen LogP contribution in [0.25, 0.3) is 16.9 Å². The van der Waals surface area contributed by atoms with E-state index in [2.05, 4.69) is 31.6 Å². The van der Waals surface area contributed by atoms with E-state index in [1.807, 2.05) is 0 Å². The van der Waals surface area contributed by atoms with Gasteiger partial charge >= 0.3 is 6.18 Å². The maximum atomic E-state index is 13.8. The minimum atomic E-state index is -4.75. The number of halogens is 5. The quantitative estimate of drug-likeness (QED) is 0.329. The number of sulfonamides is 1. The van der Waals surface area contributed by atoms with Gasteiger partial charge in [0.15, 0.2) is 20.6 Å². The summed E-state index contributed by atoms with van der Waals surface area (Å²) in [7, 11) is -3.98. The summed E-state index contributed by atoms with van der Waals surface area (Å²) in [5.41, 5.74) is -2.00. The molecule has 3 aromatic heterocycles. The topological polar surface area (TPSA) is 109 Å². The Morgan fingerprint density at radius 2 is 1.86 bits per heavy atom. The van der Waals surface area contributed by atoms with Gasteiger partial charge in [0.2, 0.25) is 0 Å². The van der Waals surface area contributed by atoms with Crippen molar-refractivity contribution in [1.29, 1.82) is 0 Å². The van der Waals surface area contributed by atoms with Gasteiger partial charge in [-0.1, -0.05) is 46.5 Å². The van der Waals surface area contributed by atoms with Crippen LogP contribution < -0.4 is 4.72 Å². The Hall–Kier alpha value is -2.73. The molecular formula is C22H16Cl2F3N5O3S2. The van der Waals surface area contributed by atoms with E-state index in [0.29, 0.717) is 10.1 Å². The zero-order chi connectivity index (χ0) is 27.2. The van der Waals surface area contributed by atoms with Crippen LogP contribution >= 0.6 is 34.5 Å². The number of aliphatic hydroxyl groups excluding tert-OH is 1. The van der Waals surface area contributed by atoms with Gasteiger partial charge in [-0.3, -0.25) is 0 Å². The van der Waals surface area contributed by atoms with Gasteiger partial charge in [0, 0.05) is 5.56 Å². The van der Waals surface area contributed by atoms with Crippen molar-refractivity contribution in [3.05, 3.63) is 63.0 Å². The Kier molecular flexibility index (Phi) is 7.28. The lowest BCUT2D eigenvalue weighted by Crippen LogP contribution is -2.45. The van der Waals surface area contributed by atoms with Crippen molar-refractivity contribution in [1.82, 2.24) is 24.3 Å². The maximum Gasteiger partial charge on any atom is 0.433 e. The number of hydrogen-bond donors (Lipinski definition) is 2. The molecule has 0 saturated carbocycles. The molecule has 0 amide bonds. The van der Waals surface area contributed by atoms with E-state index in [-0.39, 0.29) is 36.2 Å². The highest BCUT2D eigenvalue weighted by molar-refractivity contribution is 7.91. The highest BCUT2D eigenvalue weighted by Crippen LogP contribution is 2.34. The van der Waals surface area contributed by atoms with Gasteiger partial charge in [-0.15, -0.1) is 0 Å². The van der Waals surface area contributed by atoms with E-state index in [0.717, 1.165) is 29.8 Å². The number of nitrogens with zero attached hydrogens (tertiary/aromatic N) is 4. The number of benzene rings is 1. The van der Waals surface area contributed by atoms with Crippen LogP contribution in [0.3, 0.4) is 0 Å². The van der Waals surface area contributed by atoms with Crippen molar-refractivity contribution in [3.8, 4) is 23.1 Å². The van der Waals surface area contributed by atoms with Crippen molar-refractivity contribution in [2.75, 3.05) is 6.61 Å². The molecule has 0 unspecified atom stereocenters. The predicted octanol–water partition coefficient (Wildman–Crippen LogP) is 4.63. The lowest BCUT2D eigenvalue weighted by Gasteiger charge is -2.22. The molecule has 0 bridgehead atoms. The fourth-order valence-electron chi connectivity index (χ4n) is 3.06. The Labute approximate surface area is 223 Å². The molecule has 8 nitrogen and oxygen atoms in total. The highest BCUT2D eigenvalue weighted by atomic mass is 35.5. The number of fused-ring (bicyclic) bond motifs is 1. The third kappa shape index (κ3) is 5.90. The summed E-state index contributed by atoms with van der Waals surface area (Å²) in [6.07, 6.45) is -2.53. The smallest absolute Gasteiger partial charge is 0.394 e. The molecule has 0 spiro atoms. The fourth-order valence-corrected chi connectivity index (χ4v) is 5.75. The first-order valence-electron chi connectivity index (χ1n) is 10.2. The first-order chi connectivity index (χ1) is 17.2. The standard InChI is InChI=1S/C22H16Cl2F3N5O3S2/c1-21(2,11-33)31-37(34,35)19-10-28-18(36-19)6-4-13-9-29-32-17(22(25,26)27)8-16(30-20(13)32)12-3-5-14(23)15(24)7-12/h3,5,7-10,31,33H,11H2,1-2H3. The van der Waals surface area contributed by atoms with Crippen molar-refractivity contribution < 1.29 is 26.7 Å². The zero-order valence-electron chi connectivity index (χ0n) is 18.9. The molecule has 15 heteroatoms. The van der Waals surface area contributed by atoms with E-state index in [1.54, 1.807) is 0 Å². The Balaban J connectivity index is 1.76. The van der Waals surface area contributed by atoms with Crippen molar-refractivity contribution >= 4 is 50.2 Å². The van der Waals surface area contributed by atoms with Crippen LogP contribution in [0.1, 0.15) is 30.1 Å². The van der Waals surface area contributed by atoms with Gasteiger partial charge in [-0.05, 0) is 38.0 Å². The molecule has 194 valence electrons. The fraction of sp³-hybridized carbons (Fsp3) is 0.227. The van der Waals surface area contributed by atoms with Gasteiger partial charge in [-0.2, -0.15) is 18.3 Å². The average Bonchev–Trinajstić information content (AvgIpc) is 3.45. The monoisotopic (exact) mass is 589 g/mol. The summed E-state index contributed by atoms with van der Waals surface area (Å²) >= 11 is 12.7. The van der Waals surface area contributed by atoms with Crippen LogP contribution in [0.5, 0.6) is 0 Å². The molecule has 0 saturated heterocycles. The minimum Gasteiger partial charge on any atom is -0.394 e. The molecule has 3 heterocycles. The average molecular weight is 590 g/mol. The molecule has 0 aliphatic rings. The number of nitrogens with one attached hydrogen (secondary N) is 1. The Morgan fingerprint density at radius 1 is 1.14 bits per heavy atom. The first kappa shape index (κ1) is 27.3. The zero-order valence-corrected chi connectivity index (χ0v) is 22.1. The SMILES string of the molecule is CC(C)(CO)NS(=O)(=O)c1cnc(C#Cc2cnn3c(C(F)(F)F)cc(-c4ccc(Cl)c(Cl)c4)nc23)s1. The third-order valence-corrected chi connectivity index (χ3v) is 8.65. The molecule has 37 heavy (non-hydrogen) atoms. The minimum absolute atomic E-state index is 0.0258. The van der Waals surface area contributed by atoms with Gasteiger partial charge in [0.25, 0.3) is 10.0 Å². The summed E-state index contributed by atoms with van der Waals surface area (Å²) in [5.74, 6) is 5.31. The van der Waals surface area contributed by atoms with Crippen LogP contribution in [-0.4, -0.2) is 45.3 Å². The van der Waals surface area contributed by atoms with Crippen LogP contribution in [0.2, 0.25) is 10.0 Å². The molecule has 0 aliphatic heterocycles. The molecule has 0 fully saturated rings. The lowest BCUT2D eigenvalue weighted by molar-refractivity contribution is -0.142. The van der Waals surface area contributed by atoms with Crippen LogP contribution in [0, 0.1) is 11.8 Å². The summed E-state index contributed by atoms with van der Waals surface area (Å²) in [6.45, 7) is 2.58. The second-order valence-corrected chi connectivity index (χ2v) is 12.1. The van der Waals surface area contributed by atoms with Gasteiger partial charge < -0.3 is 5.11 Å². The van der Waals surface area contributed by atoms with Crippen LogP contribution in [0.4, 0.5) is 13.2 Å². The summed E-state index contributed by atoms with van der Waals surface area (Å²) < 4.78 is 69.3. The maximum absolute atomic E-state index is 13.8.